The number of rotatable bonds is 8. The molecule has 0 spiro atoms. The molecular formula is C9H22N2O3S. The Hall–Kier alpha value is -0.170. The van der Waals surface area contributed by atoms with Crippen molar-refractivity contribution in [2.24, 2.45) is 5.73 Å². The molecule has 0 heterocycles. The van der Waals surface area contributed by atoms with E-state index in [0.29, 0.717) is 13.0 Å². The van der Waals surface area contributed by atoms with Crippen LogP contribution in [-0.4, -0.2) is 40.0 Å². The number of hydrogen-bond acceptors (Lipinski definition) is 4. The zero-order chi connectivity index (χ0) is 11.9. The first-order valence-corrected chi connectivity index (χ1v) is 6.75. The molecule has 5 nitrogen and oxygen atoms in total. The van der Waals surface area contributed by atoms with Crippen molar-refractivity contribution in [1.82, 2.24) is 4.72 Å². The molecule has 0 aromatic carbocycles. The van der Waals surface area contributed by atoms with Gasteiger partial charge in [-0.05, 0) is 26.3 Å². The quantitative estimate of drug-likeness (QED) is 0.627. The molecule has 0 saturated carbocycles. The van der Waals surface area contributed by atoms with Gasteiger partial charge in [0.15, 0.2) is 0 Å². The second kappa shape index (κ2) is 6.42. The molecule has 0 rings (SSSR count). The summed E-state index contributed by atoms with van der Waals surface area (Å²) in [6.07, 6.45) is 1.35. The first-order chi connectivity index (χ1) is 6.89. The van der Waals surface area contributed by atoms with Gasteiger partial charge in [0.05, 0.1) is 12.4 Å². The molecule has 0 aromatic heterocycles. The Morgan fingerprint density at radius 3 is 2.47 bits per heavy atom. The Bertz CT molecular complexity index is 267. The molecule has 0 radical (unpaired) electrons. The number of ether oxygens (including phenoxy) is 1. The average Bonchev–Trinajstić information content (AvgIpc) is 2.14. The fourth-order valence-electron chi connectivity index (χ4n) is 1.24. The van der Waals surface area contributed by atoms with Gasteiger partial charge in [0.1, 0.15) is 0 Å². The molecule has 0 amide bonds. The smallest absolute Gasteiger partial charge is 0.214 e. The van der Waals surface area contributed by atoms with Crippen molar-refractivity contribution < 1.29 is 13.2 Å². The third-order valence-electron chi connectivity index (χ3n) is 2.43. The lowest BCUT2D eigenvalue weighted by molar-refractivity contribution is 0.216. The van der Waals surface area contributed by atoms with Crippen molar-refractivity contribution in [3.63, 3.8) is 0 Å². The van der Waals surface area contributed by atoms with Gasteiger partial charge < -0.3 is 10.5 Å². The molecule has 0 fully saturated rings. The van der Waals surface area contributed by atoms with E-state index in [9.17, 15) is 8.42 Å². The van der Waals surface area contributed by atoms with Gasteiger partial charge in [-0.25, -0.2) is 13.1 Å². The predicted octanol–water partition coefficient (Wildman–Crippen LogP) is 0.0697. The molecule has 0 aliphatic rings. The highest BCUT2D eigenvalue weighted by Crippen LogP contribution is 2.14. The minimum Gasteiger partial charge on any atom is -0.384 e. The third-order valence-corrected chi connectivity index (χ3v) is 3.94. The van der Waals surface area contributed by atoms with E-state index in [2.05, 4.69) is 4.72 Å². The molecule has 1 atom stereocenters. The molecule has 0 aromatic rings. The Morgan fingerprint density at radius 2 is 2.07 bits per heavy atom. The largest absolute Gasteiger partial charge is 0.384 e. The van der Waals surface area contributed by atoms with Gasteiger partial charge in [-0.1, -0.05) is 6.92 Å². The maximum Gasteiger partial charge on any atom is 0.214 e. The second-order valence-electron chi connectivity index (χ2n) is 3.87. The molecule has 0 bridgehead atoms. The Balaban J connectivity index is 4.39. The average molecular weight is 238 g/mol. The third kappa shape index (κ3) is 6.09. The summed E-state index contributed by atoms with van der Waals surface area (Å²) in [6.45, 7) is 4.48. The van der Waals surface area contributed by atoms with E-state index in [4.69, 9.17) is 10.5 Å². The number of nitrogens with one attached hydrogen (secondary N) is 1. The Kier molecular flexibility index (Phi) is 6.35. The first kappa shape index (κ1) is 14.8. The van der Waals surface area contributed by atoms with Crippen molar-refractivity contribution in [3.8, 4) is 0 Å². The SMILES string of the molecule is CCC(C)(CCN)NS(=O)(=O)CCOC. The minimum atomic E-state index is -3.27. The molecule has 0 aliphatic heterocycles. The van der Waals surface area contributed by atoms with Crippen LogP contribution in [0.2, 0.25) is 0 Å². The predicted molar refractivity (Wildman–Crippen MR) is 61.2 cm³/mol. The van der Waals surface area contributed by atoms with Crippen LogP contribution in [-0.2, 0) is 14.8 Å². The van der Waals surface area contributed by atoms with E-state index in [1.807, 2.05) is 13.8 Å². The fourth-order valence-corrected chi connectivity index (χ4v) is 2.72. The van der Waals surface area contributed by atoms with Crippen molar-refractivity contribution in [2.75, 3.05) is 26.0 Å². The van der Waals surface area contributed by atoms with Gasteiger partial charge >= 0.3 is 0 Å². The van der Waals surface area contributed by atoms with Crippen LogP contribution in [0, 0.1) is 0 Å². The van der Waals surface area contributed by atoms with Crippen molar-refractivity contribution in [1.29, 1.82) is 0 Å². The number of methoxy groups -OCH3 is 1. The van der Waals surface area contributed by atoms with Crippen LogP contribution in [0.15, 0.2) is 0 Å². The summed E-state index contributed by atoms with van der Waals surface area (Å²) in [5.41, 5.74) is 5.01. The van der Waals surface area contributed by atoms with E-state index >= 15 is 0 Å². The van der Waals surface area contributed by atoms with E-state index in [1.165, 1.54) is 7.11 Å². The van der Waals surface area contributed by atoms with Crippen molar-refractivity contribution >= 4 is 10.0 Å². The lowest BCUT2D eigenvalue weighted by Crippen LogP contribution is -2.47. The highest BCUT2D eigenvalue weighted by Gasteiger charge is 2.26. The van der Waals surface area contributed by atoms with Crippen LogP contribution >= 0.6 is 0 Å². The van der Waals surface area contributed by atoms with Gasteiger partial charge in [0.25, 0.3) is 0 Å². The Labute approximate surface area is 92.4 Å². The van der Waals surface area contributed by atoms with Gasteiger partial charge in [0, 0.05) is 12.6 Å². The molecule has 3 N–H and O–H groups in total. The number of sulfonamides is 1. The number of hydrogen-bond donors (Lipinski definition) is 2. The summed E-state index contributed by atoms with van der Waals surface area (Å²) in [4.78, 5) is 0. The normalized spacial score (nSPS) is 16.3. The van der Waals surface area contributed by atoms with Crippen molar-refractivity contribution in [2.45, 2.75) is 32.2 Å². The molecule has 15 heavy (non-hydrogen) atoms. The maximum atomic E-state index is 11.6. The second-order valence-corrected chi connectivity index (χ2v) is 5.71. The van der Waals surface area contributed by atoms with Gasteiger partial charge in [-0.15, -0.1) is 0 Å². The highest BCUT2D eigenvalue weighted by atomic mass is 32.2. The van der Waals surface area contributed by atoms with Crippen LogP contribution in [0.4, 0.5) is 0 Å². The summed E-state index contributed by atoms with van der Waals surface area (Å²) < 4.78 is 30.6. The van der Waals surface area contributed by atoms with E-state index in [0.717, 1.165) is 6.42 Å². The van der Waals surface area contributed by atoms with Gasteiger partial charge in [0.2, 0.25) is 10.0 Å². The highest BCUT2D eigenvalue weighted by molar-refractivity contribution is 7.89. The van der Waals surface area contributed by atoms with E-state index in [1.54, 1.807) is 0 Å². The fraction of sp³-hybridized carbons (Fsp3) is 1.00. The topological polar surface area (TPSA) is 81.4 Å². The van der Waals surface area contributed by atoms with Crippen LogP contribution < -0.4 is 10.5 Å². The van der Waals surface area contributed by atoms with E-state index < -0.39 is 15.6 Å². The summed E-state index contributed by atoms with van der Waals surface area (Å²) in [5.74, 6) is -0.0103. The standard InChI is InChI=1S/C9H22N2O3S/c1-4-9(2,5-6-10)11-15(12,13)8-7-14-3/h11H,4-8,10H2,1-3H3. The minimum absolute atomic E-state index is 0.0103. The zero-order valence-corrected chi connectivity index (χ0v) is 10.6. The van der Waals surface area contributed by atoms with E-state index in [-0.39, 0.29) is 12.4 Å². The van der Waals surface area contributed by atoms with Crippen molar-refractivity contribution in [3.05, 3.63) is 0 Å². The molecule has 92 valence electrons. The summed E-state index contributed by atoms with van der Waals surface area (Å²) >= 11 is 0. The lowest BCUT2D eigenvalue weighted by Gasteiger charge is -2.28. The van der Waals surface area contributed by atoms with Crippen LogP contribution in [0.25, 0.3) is 0 Å². The summed E-state index contributed by atoms with van der Waals surface area (Å²) in [6, 6.07) is 0. The molecule has 0 aliphatic carbocycles. The van der Waals surface area contributed by atoms with Gasteiger partial charge in [-0.3, -0.25) is 0 Å². The maximum absolute atomic E-state index is 11.6. The Morgan fingerprint density at radius 1 is 1.47 bits per heavy atom. The summed E-state index contributed by atoms with van der Waals surface area (Å²) in [7, 11) is -1.79. The summed E-state index contributed by atoms with van der Waals surface area (Å²) in [5, 5.41) is 0. The molecule has 6 heteroatoms. The van der Waals surface area contributed by atoms with Crippen LogP contribution in [0.1, 0.15) is 26.7 Å². The molecule has 1 unspecified atom stereocenters. The monoisotopic (exact) mass is 238 g/mol. The van der Waals surface area contributed by atoms with Crippen LogP contribution in [0.5, 0.6) is 0 Å². The number of nitrogens with two attached hydrogens (primary N) is 1. The first-order valence-electron chi connectivity index (χ1n) is 5.10. The molecule has 0 saturated heterocycles. The zero-order valence-electron chi connectivity index (χ0n) is 9.75. The van der Waals surface area contributed by atoms with Crippen LogP contribution in [0.3, 0.4) is 0 Å². The van der Waals surface area contributed by atoms with Gasteiger partial charge in [-0.2, -0.15) is 0 Å². The molecular weight excluding hydrogens is 216 g/mol. The lowest BCUT2D eigenvalue weighted by atomic mass is 9.96.